The number of para-hydroxylation sites is 1. The molecule has 2 nitrogen and oxygen atoms in total. The summed E-state index contributed by atoms with van der Waals surface area (Å²) in [6.07, 6.45) is 9.27. The summed E-state index contributed by atoms with van der Waals surface area (Å²) in [5.41, 5.74) is 8.30. The molecule has 1 aromatic carbocycles. The molecule has 20 heavy (non-hydrogen) atoms. The van der Waals surface area contributed by atoms with Crippen LogP contribution in [0.3, 0.4) is 0 Å². The molecule has 2 heteroatoms. The van der Waals surface area contributed by atoms with E-state index in [0.717, 1.165) is 24.1 Å². The van der Waals surface area contributed by atoms with Crippen LogP contribution in [-0.4, -0.2) is 24.5 Å². The van der Waals surface area contributed by atoms with Gasteiger partial charge < -0.3 is 10.6 Å². The predicted molar refractivity (Wildman–Crippen MR) is 87.8 cm³/mol. The van der Waals surface area contributed by atoms with Crippen LogP contribution in [0.2, 0.25) is 0 Å². The fourth-order valence-electron chi connectivity index (χ4n) is 3.47. The van der Waals surface area contributed by atoms with E-state index >= 15 is 0 Å². The average molecular weight is 274 g/mol. The molecule has 2 unspecified atom stereocenters. The quantitative estimate of drug-likeness (QED) is 0.791. The van der Waals surface area contributed by atoms with E-state index < -0.39 is 0 Å². The van der Waals surface area contributed by atoms with Gasteiger partial charge >= 0.3 is 0 Å². The summed E-state index contributed by atoms with van der Waals surface area (Å²) < 4.78 is 0. The molecule has 1 aliphatic rings. The first-order valence-corrected chi connectivity index (χ1v) is 8.24. The number of anilines is 1. The van der Waals surface area contributed by atoms with Crippen LogP contribution in [-0.2, 0) is 6.42 Å². The summed E-state index contributed by atoms with van der Waals surface area (Å²) in [5.74, 6) is 0.929. The molecule has 0 saturated carbocycles. The number of unbranched alkanes of at least 4 members (excludes halogenated alkanes) is 1. The molecule has 1 aromatic rings. The van der Waals surface area contributed by atoms with Crippen molar-refractivity contribution in [1.29, 1.82) is 0 Å². The Morgan fingerprint density at radius 1 is 1.20 bits per heavy atom. The van der Waals surface area contributed by atoms with Crippen LogP contribution in [0, 0.1) is 5.92 Å². The highest BCUT2D eigenvalue weighted by Gasteiger charge is 2.24. The molecule has 0 amide bonds. The molecule has 0 aliphatic carbocycles. The number of hydrogen-bond donors (Lipinski definition) is 1. The van der Waals surface area contributed by atoms with Gasteiger partial charge in [-0.2, -0.15) is 0 Å². The van der Waals surface area contributed by atoms with Gasteiger partial charge in [-0.15, -0.1) is 0 Å². The number of hydrogen-bond acceptors (Lipinski definition) is 2. The normalized spacial score (nSPS) is 23.9. The molecule has 1 saturated heterocycles. The molecule has 2 N–H and O–H groups in total. The summed E-state index contributed by atoms with van der Waals surface area (Å²) in [6.45, 7) is 3.58. The van der Waals surface area contributed by atoms with Gasteiger partial charge in [0.25, 0.3) is 0 Å². The number of likely N-dealkylation sites (tertiary alicyclic amines) is 1. The lowest BCUT2D eigenvalue weighted by Gasteiger charge is -2.37. The fraction of sp³-hybridized carbons (Fsp3) is 0.667. The highest BCUT2D eigenvalue weighted by Crippen LogP contribution is 2.27. The molecule has 2 rings (SSSR count). The predicted octanol–water partition coefficient (Wildman–Crippen LogP) is 4.10. The number of piperidine rings is 1. The third-order valence-electron chi connectivity index (χ3n) is 4.85. The summed E-state index contributed by atoms with van der Waals surface area (Å²) in [7, 11) is 2.30. The maximum absolute atomic E-state index is 6.03. The highest BCUT2D eigenvalue weighted by molar-refractivity contribution is 5.46. The molecule has 0 bridgehead atoms. The summed E-state index contributed by atoms with van der Waals surface area (Å²) in [5, 5.41) is 0. The summed E-state index contributed by atoms with van der Waals surface area (Å²) >= 11 is 0. The largest absolute Gasteiger partial charge is 0.399 e. The SMILES string of the molecule is CCCCC1CCC(CCc2ccccc2N)N(C)C1. The minimum atomic E-state index is 0.743. The lowest BCUT2D eigenvalue weighted by molar-refractivity contribution is 0.125. The van der Waals surface area contributed by atoms with Gasteiger partial charge in [0.1, 0.15) is 0 Å². The van der Waals surface area contributed by atoms with Crippen LogP contribution < -0.4 is 5.73 Å². The standard InChI is InChI=1S/C18H30N2/c1-3-4-7-15-10-12-17(20(2)14-15)13-11-16-8-5-6-9-18(16)19/h5-6,8-9,15,17H,3-4,7,10-14,19H2,1-2H3. The Balaban J connectivity index is 1.79. The Morgan fingerprint density at radius 3 is 2.70 bits per heavy atom. The van der Waals surface area contributed by atoms with Gasteiger partial charge in [-0.05, 0) is 56.7 Å². The van der Waals surface area contributed by atoms with Crippen LogP contribution in [0.15, 0.2) is 24.3 Å². The van der Waals surface area contributed by atoms with Gasteiger partial charge in [0.15, 0.2) is 0 Å². The van der Waals surface area contributed by atoms with Gasteiger partial charge in [-0.3, -0.25) is 0 Å². The molecule has 0 radical (unpaired) electrons. The van der Waals surface area contributed by atoms with Crippen LogP contribution in [0.25, 0.3) is 0 Å². The first kappa shape index (κ1) is 15.4. The zero-order valence-electron chi connectivity index (χ0n) is 13.1. The second kappa shape index (κ2) is 7.68. The van der Waals surface area contributed by atoms with Gasteiger partial charge in [-0.25, -0.2) is 0 Å². The molecule has 2 atom stereocenters. The first-order chi connectivity index (χ1) is 9.70. The van der Waals surface area contributed by atoms with E-state index in [4.69, 9.17) is 5.73 Å². The summed E-state index contributed by atoms with van der Waals surface area (Å²) in [4.78, 5) is 2.59. The van der Waals surface area contributed by atoms with E-state index in [1.54, 1.807) is 0 Å². The number of aryl methyl sites for hydroxylation is 1. The van der Waals surface area contributed by atoms with E-state index in [1.165, 1.54) is 50.6 Å². The molecular formula is C18H30N2. The number of benzene rings is 1. The monoisotopic (exact) mass is 274 g/mol. The van der Waals surface area contributed by atoms with Crippen molar-refractivity contribution in [2.24, 2.45) is 5.92 Å². The van der Waals surface area contributed by atoms with Gasteiger partial charge in [0, 0.05) is 18.3 Å². The zero-order valence-corrected chi connectivity index (χ0v) is 13.1. The summed E-state index contributed by atoms with van der Waals surface area (Å²) in [6, 6.07) is 9.04. The Hall–Kier alpha value is -1.02. The van der Waals surface area contributed by atoms with Gasteiger partial charge in [0.05, 0.1) is 0 Å². The minimum absolute atomic E-state index is 0.743. The molecular weight excluding hydrogens is 244 g/mol. The van der Waals surface area contributed by atoms with Crippen molar-refractivity contribution in [2.75, 3.05) is 19.3 Å². The van der Waals surface area contributed by atoms with E-state index in [0.29, 0.717) is 0 Å². The molecule has 0 spiro atoms. The second-order valence-corrected chi connectivity index (χ2v) is 6.42. The van der Waals surface area contributed by atoms with Crippen LogP contribution in [0.1, 0.15) is 51.0 Å². The Bertz CT molecular complexity index is 402. The molecule has 1 heterocycles. The van der Waals surface area contributed by atoms with E-state index in [1.807, 2.05) is 12.1 Å². The maximum Gasteiger partial charge on any atom is 0.0346 e. The van der Waals surface area contributed by atoms with Crippen LogP contribution in [0.5, 0.6) is 0 Å². The molecule has 1 fully saturated rings. The Morgan fingerprint density at radius 2 is 2.00 bits per heavy atom. The minimum Gasteiger partial charge on any atom is -0.399 e. The van der Waals surface area contributed by atoms with Crippen molar-refractivity contribution in [1.82, 2.24) is 4.90 Å². The Kier molecular flexibility index (Phi) is 5.90. The van der Waals surface area contributed by atoms with Gasteiger partial charge in [-0.1, -0.05) is 38.0 Å². The number of nitrogens with two attached hydrogens (primary N) is 1. The first-order valence-electron chi connectivity index (χ1n) is 8.24. The third kappa shape index (κ3) is 4.24. The third-order valence-corrected chi connectivity index (χ3v) is 4.85. The second-order valence-electron chi connectivity index (χ2n) is 6.42. The van der Waals surface area contributed by atoms with Crippen LogP contribution in [0.4, 0.5) is 5.69 Å². The molecule has 112 valence electrons. The number of nitrogens with zero attached hydrogens (tertiary/aromatic N) is 1. The highest BCUT2D eigenvalue weighted by atomic mass is 15.1. The average Bonchev–Trinajstić information content (AvgIpc) is 2.45. The fourth-order valence-corrected chi connectivity index (χ4v) is 3.47. The lowest BCUT2D eigenvalue weighted by Crippen LogP contribution is -2.40. The van der Waals surface area contributed by atoms with Crippen molar-refractivity contribution in [2.45, 2.75) is 57.9 Å². The molecule has 0 aromatic heterocycles. The van der Waals surface area contributed by atoms with Crippen molar-refractivity contribution < 1.29 is 0 Å². The number of rotatable bonds is 6. The van der Waals surface area contributed by atoms with Crippen LogP contribution >= 0.6 is 0 Å². The zero-order chi connectivity index (χ0) is 14.4. The lowest BCUT2D eigenvalue weighted by atomic mass is 9.87. The maximum atomic E-state index is 6.03. The van der Waals surface area contributed by atoms with E-state index in [2.05, 4.69) is 31.0 Å². The van der Waals surface area contributed by atoms with Crippen molar-refractivity contribution in [3.8, 4) is 0 Å². The number of nitrogen functional groups attached to an aromatic ring is 1. The van der Waals surface area contributed by atoms with Crippen molar-refractivity contribution in [3.63, 3.8) is 0 Å². The topological polar surface area (TPSA) is 29.3 Å². The Labute approximate surface area is 124 Å². The molecule has 1 aliphatic heterocycles. The van der Waals surface area contributed by atoms with Crippen molar-refractivity contribution >= 4 is 5.69 Å². The van der Waals surface area contributed by atoms with E-state index in [9.17, 15) is 0 Å². The van der Waals surface area contributed by atoms with Gasteiger partial charge in [0.2, 0.25) is 0 Å². The van der Waals surface area contributed by atoms with Crippen molar-refractivity contribution in [3.05, 3.63) is 29.8 Å². The van der Waals surface area contributed by atoms with E-state index in [-0.39, 0.29) is 0 Å². The smallest absolute Gasteiger partial charge is 0.0346 e.